The van der Waals surface area contributed by atoms with Gasteiger partial charge in [-0.1, -0.05) is 37.6 Å². The summed E-state index contributed by atoms with van der Waals surface area (Å²) >= 11 is 0. The van der Waals surface area contributed by atoms with Crippen molar-refractivity contribution in [2.24, 2.45) is 0 Å². The van der Waals surface area contributed by atoms with Crippen LogP contribution in [-0.2, 0) is 6.42 Å². The van der Waals surface area contributed by atoms with E-state index in [9.17, 15) is 13.2 Å². The Morgan fingerprint density at radius 2 is 1.78 bits per heavy atom. The van der Waals surface area contributed by atoms with Crippen molar-refractivity contribution in [3.8, 4) is 0 Å². The molecule has 18 heavy (non-hydrogen) atoms. The highest BCUT2D eigenvalue weighted by Crippen LogP contribution is 2.18. The van der Waals surface area contributed by atoms with Crippen molar-refractivity contribution >= 4 is 0 Å². The van der Waals surface area contributed by atoms with Crippen molar-refractivity contribution < 1.29 is 13.2 Å². The van der Waals surface area contributed by atoms with E-state index in [1.165, 1.54) is 5.56 Å². The molecule has 1 atom stereocenters. The van der Waals surface area contributed by atoms with Gasteiger partial charge in [-0.2, -0.15) is 13.2 Å². The van der Waals surface area contributed by atoms with Crippen LogP contribution in [0.4, 0.5) is 13.2 Å². The topological polar surface area (TPSA) is 12.0 Å². The summed E-state index contributed by atoms with van der Waals surface area (Å²) in [5.41, 5.74) is 2.13. The van der Waals surface area contributed by atoms with Gasteiger partial charge in [0.2, 0.25) is 0 Å². The van der Waals surface area contributed by atoms with Crippen molar-refractivity contribution in [2.75, 3.05) is 6.54 Å². The Balaban J connectivity index is 2.51. The van der Waals surface area contributed by atoms with Gasteiger partial charge in [-0.15, -0.1) is 0 Å². The summed E-state index contributed by atoms with van der Waals surface area (Å²) in [4.78, 5) is 0. The third kappa shape index (κ3) is 5.54. The van der Waals surface area contributed by atoms with Gasteiger partial charge in [0.15, 0.2) is 0 Å². The molecule has 1 unspecified atom stereocenters. The molecule has 1 aromatic carbocycles. The van der Waals surface area contributed by atoms with E-state index >= 15 is 0 Å². The number of halogens is 3. The van der Waals surface area contributed by atoms with E-state index in [1.807, 2.05) is 24.3 Å². The van der Waals surface area contributed by atoms with E-state index in [0.717, 1.165) is 24.8 Å². The predicted octanol–water partition coefficient (Wildman–Crippen LogP) is 4.24. The van der Waals surface area contributed by atoms with E-state index in [4.69, 9.17) is 0 Å². The molecule has 0 spiro atoms. The average molecular weight is 259 g/mol. The van der Waals surface area contributed by atoms with E-state index in [1.54, 1.807) is 6.92 Å². The smallest absolute Gasteiger partial charge is 0.302 e. The Labute approximate surface area is 106 Å². The average Bonchev–Trinajstić information content (AvgIpc) is 2.33. The second-order valence-corrected chi connectivity index (χ2v) is 4.56. The lowest BCUT2D eigenvalue weighted by Gasteiger charge is -2.16. The molecule has 0 saturated carbocycles. The molecule has 0 heterocycles. The maximum absolute atomic E-state index is 12.1. The molecule has 0 aliphatic heterocycles. The molecule has 0 aromatic heterocycles. The molecule has 1 aromatic rings. The number of hydrogen-bond donors (Lipinski definition) is 1. The molecule has 0 radical (unpaired) electrons. The van der Waals surface area contributed by atoms with Crippen LogP contribution in [0.1, 0.15) is 43.9 Å². The molecule has 102 valence electrons. The summed E-state index contributed by atoms with van der Waals surface area (Å²) in [6.45, 7) is 2.93. The summed E-state index contributed by atoms with van der Waals surface area (Å²) in [6.07, 6.45) is -0.844. The van der Waals surface area contributed by atoms with Crippen LogP contribution >= 0.6 is 0 Å². The standard InChI is InChI=1S/C14H20F3N/c1-3-4-5-12-6-8-13(9-7-12)11(2)18-10-14(15,16)17/h6-9,11,18H,3-5,10H2,1-2H3. The van der Waals surface area contributed by atoms with Gasteiger partial charge >= 0.3 is 6.18 Å². The number of hydrogen-bond acceptors (Lipinski definition) is 1. The fourth-order valence-corrected chi connectivity index (χ4v) is 1.74. The molecule has 0 saturated heterocycles. The first-order chi connectivity index (χ1) is 8.42. The second kappa shape index (κ2) is 6.78. The quantitative estimate of drug-likeness (QED) is 0.805. The first-order valence-electron chi connectivity index (χ1n) is 6.31. The maximum Gasteiger partial charge on any atom is 0.401 e. The molecule has 1 N–H and O–H groups in total. The van der Waals surface area contributed by atoms with Crippen LogP contribution in [0.3, 0.4) is 0 Å². The van der Waals surface area contributed by atoms with Gasteiger partial charge in [0.25, 0.3) is 0 Å². The zero-order valence-electron chi connectivity index (χ0n) is 10.8. The normalized spacial score (nSPS) is 13.6. The molecule has 0 fully saturated rings. The van der Waals surface area contributed by atoms with Gasteiger partial charge in [-0.25, -0.2) is 0 Å². The van der Waals surface area contributed by atoms with Gasteiger partial charge in [0.05, 0.1) is 6.54 Å². The van der Waals surface area contributed by atoms with Gasteiger partial charge in [0, 0.05) is 6.04 Å². The van der Waals surface area contributed by atoms with Crippen LogP contribution in [0.2, 0.25) is 0 Å². The molecule has 1 rings (SSSR count). The zero-order chi connectivity index (χ0) is 13.6. The van der Waals surface area contributed by atoms with Crippen molar-refractivity contribution in [1.29, 1.82) is 0 Å². The Morgan fingerprint density at radius 3 is 2.28 bits per heavy atom. The van der Waals surface area contributed by atoms with Crippen molar-refractivity contribution in [1.82, 2.24) is 5.32 Å². The molecule has 1 nitrogen and oxygen atoms in total. The summed E-state index contributed by atoms with van der Waals surface area (Å²) < 4.78 is 36.2. The summed E-state index contributed by atoms with van der Waals surface area (Å²) in [5, 5.41) is 2.48. The molecule has 0 aliphatic carbocycles. The number of alkyl halides is 3. The second-order valence-electron chi connectivity index (χ2n) is 4.56. The number of benzene rings is 1. The summed E-state index contributed by atoms with van der Waals surface area (Å²) in [5.74, 6) is 0. The molecule has 0 aliphatic rings. The fraction of sp³-hybridized carbons (Fsp3) is 0.571. The Bertz CT molecular complexity index is 343. The number of aryl methyl sites for hydroxylation is 1. The summed E-state index contributed by atoms with van der Waals surface area (Å²) in [6, 6.07) is 7.51. The monoisotopic (exact) mass is 259 g/mol. The zero-order valence-corrected chi connectivity index (χ0v) is 10.8. The highest BCUT2D eigenvalue weighted by atomic mass is 19.4. The van der Waals surface area contributed by atoms with Crippen LogP contribution in [0.15, 0.2) is 24.3 Å². The van der Waals surface area contributed by atoms with Crippen LogP contribution in [0.25, 0.3) is 0 Å². The lowest BCUT2D eigenvalue weighted by molar-refractivity contribution is -0.126. The Hall–Kier alpha value is -1.03. The highest BCUT2D eigenvalue weighted by Gasteiger charge is 2.27. The predicted molar refractivity (Wildman–Crippen MR) is 67.5 cm³/mol. The SMILES string of the molecule is CCCCc1ccc(C(C)NCC(F)(F)F)cc1. The number of rotatable bonds is 6. The third-order valence-electron chi connectivity index (χ3n) is 2.91. The van der Waals surface area contributed by atoms with E-state index in [-0.39, 0.29) is 6.04 Å². The third-order valence-corrected chi connectivity index (χ3v) is 2.91. The lowest BCUT2D eigenvalue weighted by atomic mass is 10.0. The van der Waals surface area contributed by atoms with Gasteiger partial charge in [-0.05, 0) is 30.9 Å². The van der Waals surface area contributed by atoms with E-state index in [2.05, 4.69) is 12.2 Å². The van der Waals surface area contributed by atoms with Crippen LogP contribution < -0.4 is 5.32 Å². The van der Waals surface area contributed by atoms with Crippen LogP contribution in [0, 0.1) is 0 Å². The van der Waals surface area contributed by atoms with Gasteiger partial charge in [-0.3, -0.25) is 0 Å². The van der Waals surface area contributed by atoms with Gasteiger partial charge < -0.3 is 5.32 Å². The summed E-state index contributed by atoms with van der Waals surface area (Å²) in [7, 11) is 0. The maximum atomic E-state index is 12.1. The highest BCUT2D eigenvalue weighted by molar-refractivity contribution is 5.24. The van der Waals surface area contributed by atoms with E-state index < -0.39 is 12.7 Å². The molecular formula is C14H20F3N. The molecule has 4 heteroatoms. The molecule has 0 bridgehead atoms. The fourth-order valence-electron chi connectivity index (χ4n) is 1.74. The van der Waals surface area contributed by atoms with E-state index in [0.29, 0.717) is 0 Å². The lowest BCUT2D eigenvalue weighted by Crippen LogP contribution is -2.30. The molecular weight excluding hydrogens is 239 g/mol. The van der Waals surface area contributed by atoms with Gasteiger partial charge in [0.1, 0.15) is 0 Å². The largest absolute Gasteiger partial charge is 0.401 e. The number of unbranched alkanes of at least 4 members (excludes halogenated alkanes) is 1. The Kier molecular flexibility index (Phi) is 5.66. The first kappa shape index (κ1) is 15.0. The first-order valence-corrected chi connectivity index (χ1v) is 6.31. The Morgan fingerprint density at radius 1 is 1.17 bits per heavy atom. The minimum atomic E-state index is -4.16. The van der Waals surface area contributed by atoms with Crippen LogP contribution in [-0.4, -0.2) is 12.7 Å². The molecule has 0 amide bonds. The minimum Gasteiger partial charge on any atom is -0.302 e. The minimum absolute atomic E-state index is 0.285. The van der Waals surface area contributed by atoms with Crippen molar-refractivity contribution in [3.63, 3.8) is 0 Å². The van der Waals surface area contributed by atoms with Crippen LogP contribution in [0.5, 0.6) is 0 Å². The number of nitrogens with one attached hydrogen (secondary N) is 1. The van der Waals surface area contributed by atoms with Crippen molar-refractivity contribution in [3.05, 3.63) is 35.4 Å². The van der Waals surface area contributed by atoms with Crippen molar-refractivity contribution in [2.45, 2.75) is 45.3 Å².